The van der Waals surface area contributed by atoms with E-state index < -0.39 is 23.4 Å². The molecule has 0 aliphatic carbocycles. The van der Waals surface area contributed by atoms with E-state index in [-0.39, 0.29) is 0 Å². The lowest BCUT2D eigenvalue weighted by Gasteiger charge is -2.25. The maximum atomic E-state index is 13.0. The summed E-state index contributed by atoms with van der Waals surface area (Å²) < 4.78 is 11.0. The van der Waals surface area contributed by atoms with Gasteiger partial charge in [-0.25, -0.2) is 4.79 Å². The van der Waals surface area contributed by atoms with Crippen LogP contribution in [-0.2, 0) is 15.1 Å². The SMILES string of the molecule is CC[C@]1(c2ccccc2)NC(=O)N(NC(=O)/C=C/c2ccc3c(c2)OCCO3)C1=O. The molecule has 0 saturated carbocycles. The van der Waals surface area contributed by atoms with Gasteiger partial charge in [-0.15, -0.1) is 0 Å². The van der Waals surface area contributed by atoms with E-state index in [4.69, 9.17) is 9.47 Å². The van der Waals surface area contributed by atoms with E-state index >= 15 is 0 Å². The van der Waals surface area contributed by atoms with Crippen LogP contribution in [0.2, 0.25) is 0 Å². The van der Waals surface area contributed by atoms with Crippen LogP contribution in [-0.4, -0.2) is 36.1 Å². The second-order valence-corrected chi connectivity index (χ2v) is 6.91. The van der Waals surface area contributed by atoms with Crippen molar-refractivity contribution in [1.82, 2.24) is 15.8 Å². The van der Waals surface area contributed by atoms with Crippen molar-refractivity contribution in [1.29, 1.82) is 0 Å². The largest absolute Gasteiger partial charge is 0.486 e. The standard InChI is InChI=1S/C22H21N3O5/c1-2-22(16-6-4-3-5-7-16)20(27)25(21(28)23-22)24-19(26)11-9-15-8-10-17-18(14-15)30-13-12-29-17/h3-11,14H,2,12-13H2,1H3,(H,23,28)(H,24,26)/b11-9+/t22-/m1/s1. The van der Waals surface area contributed by atoms with Crippen LogP contribution >= 0.6 is 0 Å². The first kappa shape index (κ1) is 19.5. The Balaban J connectivity index is 1.47. The number of hydrogen-bond acceptors (Lipinski definition) is 5. The number of hydrazine groups is 1. The Bertz CT molecular complexity index is 1020. The molecule has 2 N–H and O–H groups in total. The number of fused-ring (bicyclic) bond motifs is 1. The summed E-state index contributed by atoms with van der Waals surface area (Å²) in [6.45, 7) is 2.77. The number of hydrogen-bond donors (Lipinski definition) is 2. The van der Waals surface area contributed by atoms with Crippen molar-refractivity contribution in [2.45, 2.75) is 18.9 Å². The molecule has 0 radical (unpaired) electrons. The summed E-state index contributed by atoms with van der Waals surface area (Å²) in [6.07, 6.45) is 3.16. The van der Waals surface area contributed by atoms with Gasteiger partial charge in [0.1, 0.15) is 18.8 Å². The van der Waals surface area contributed by atoms with Gasteiger partial charge in [0.05, 0.1) is 0 Å². The van der Waals surface area contributed by atoms with Gasteiger partial charge in [-0.1, -0.05) is 43.3 Å². The second kappa shape index (κ2) is 7.90. The number of carbonyl (C=O) groups is 3. The average molecular weight is 407 g/mol. The van der Waals surface area contributed by atoms with Crippen molar-refractivity contribution in [2.75, 3.05) is 13.2 Å². The zero-order valence-corrected chi connectivity index (χ0v) is 16.4. The molecule has 4 amide bonds. The van der Waals surface area contributed by atoms with Crippen molar-refractivity contribution in [2.24, 2.45) is 0 Å². The van der Waals surface area contributed by atoms with Crippen molar-refractivity contribution in [3.8, 4) is 11.5 Å². The number of ether oxygens (including phenoxy) is 2. The molecule has 4 rings (SSSR count). The minimum Gasteiger partial charge on any atom is -0.486 e. The Hall–Kier alpha value is -3.81. The number of imide groups is 1. The van der Waals surface area contributed by atoms with Crippen LogP contribution in [0.3, 0.4) is 0 Å². The van der Waals surface area contributed by atoms with E-state index in [2.05, 4.69) is 10.7 Å². The van der Waals surface area contributed by atoms with Gasteiger partial charge in [-0.2, -0.15) is 5.01 Å². The average Bonchev–Trinajstić information content (AvgIpc) is 3.03. The van der Waals surface area contributed by atoms with Crippen LogP contribution in [0.1, 0.15) is 24.5 Å². The van der Waals surface area contributed by atoms with Crippen molar-refractivity contribution >= 4 is 23.9 Å². The molecule has 1 saturated heterocycles. The maximum Gasteiger partial charge on any atom is 0.344 e. The monoisotopic (exact) mass is 407 g/mol. The molecule has 154 valence electrons. The molecule has 0 aromatic heterocycles. The minimum atomic E-state index is -1.20. The lowest BCUT2D eigenvalue weighted by molar-refractivity contribution is -0.138. The Morgan fingerprint density at radius 3 is 2.60 bits per heavy atom. The van der Waals surface area contributed by atoms with Crippen molar-refractivity contribution < 1.29 is 23.9 Å². The molecule has 30 heavy (non-hydrogen) atoms. The van der Waals surface area contributed by atoms with Crippen LogP contribution < -0.4 is 20.2 Å². The van der Waals surface area contributed by atoms with Crippen LogP contribution in [0.5, 0.6) is 11.5 Å². The summed E-state index contributed by atoms with van der Waals surface area (Å²) in [5.74, 6) is 0.128. The molecular weight excluding hydrogens is 386 g/mol. The number of nitrogens with one attached hydrogen (secondary N) is 2. The molecule has 0 bridgehead atoms. The summed E-state index contributed by atoms with van der Waals surface area (Å²) in [6, 6.07) is 13.6. The molecule has 2 aliphatic rings. The summed E-state index contributed by atoms with van der Waals surface area (Å²) >= 11 is 0. The lowest BCUT2D eigenvalue weighted by Crippen LogP contribution is -2.48. The molecule has 2 aromatic rings. The van der Waals surface area contributed by atoms with Crippen molar-refractivity contribution in [3.05, 3.63) is 65.7 Å². The second-order valence-electron chi connectivity index (χ2n) is 6.91. The van der Waals surface area contributed by atoms with Crippen LogP contribution in [0.4, 0.5) is 4.79 Å². The van der Waals surface area contributed by atoms with Gasteiger partial charge in [0, 0.05) is 6.08 Å². The van der Waals surface area contributed by atoms with E-state index in [9.17, 15) is 14.4 Å². The van der Waals surface area contributed by atoms with E-state index in [1.165, 1.54) is 6.08 Å². The highest BCUT2D eigenvalue weighted by molar-refractivity contribution is 6.09. The van der Waals surface area contributed by atoms with Crippen LogP contribution in [0, 0.1) is 0 Å². The molecule has 8 nitrogen and oxygen atoms in total. The predicted molar refractivity (Wildman–Crippen MR) is 108 cm³/mol. The van der Waals surface area contributed by atoms with Gasteiger partial charge in [0.2, 0.25) is 0 Å². The maximum absolute atomic E-state index is 13.0. The highest BCUT2D eigenvalue weighted by atomic mass is 16.6. The Morgan fingerprint density at radius 2 is 1.87 bits per heavy atom. The van der Waals surface area contributed by atoms with Crippen LogP contribution in [0.15, 0.2) is 54.6 Å². The fraction of sp³-hybridized carbons (Fsp3) is 0.227. The molecule has 0 spiro atoms. The first-order valence-electron chi connectivity index (χ1n) is 9.64. The minimum absolute atomic E-state index is 0.348. The van der Waals surface area contributed by atoms with E-state index in [0.29, 0.717) is 36.7 Å². The normalized spacial score (nSPS) is 20.4. The zero-order valence-electron chi connectivity index (χ0n) is 16.4. The highest BCUT2D eigenvalue weighted by Crippen LogP contribution is 2.32. The third-order valence-electron chi connectivity index (χ3n) is 5.10. The van der Waals surface area contributed by atoms with E-state index in [0.717, 1.165) is 10.6 Å². The fourth-order valence-electron chi connectivity index (χ4n) is 3.52. The summed E-state index contributed by atoms with van der Waals surface area (Å²) in [4.78, 5) is 37.8. The van der Waals surface area contributed by atoms with Gasteiger partial charge in [0.25, 0.3) is 11.8 Å². The number of nitrogens with zero attached hydrogens (tertiary/aromatic N) is 1. The molecule has 8 heteroatoms. The third kappa shape index (κ3) is 3.47. The number of urea groups is 1. The molecule has 2 aliphatic heterocycles. The van der Waals surface area contributed by atoms with Gasteiger partial charge in [-0.05, 0) is 35.8 Å². The molecule has 2 heterocycles. The number of amides is 4. The fourth-order valence-corrected chi connectivity index (χ4v) is 3.52. The quantitative estimate of drug-likeness (QED) is 0.586. The molecule has 1 atom stereocenters. The number of rotatable bonds is 5. The Kier molecular flexibility index (Phi) is 5.14. The van der Waals surface area contributed by atoms with Gasteiger partial charge in [0.15, 0.2) is 11.5 Å². The molecular formula is C22H21N3O5. The third-order valence-corrected chi connectivity index (χ3v) is 5.10. The first-order chi connectivity index (χ1) is 14.5. The van der Waals surface area contributed by atoms with Gasteiger partial charge >= 0.3 is 6.03 Å². The topological polar surface area (TPSA) is 97.0 Å². The van der Waals surface area contributed by atoms with Gasteiger partial charge in [-0.3, -0.25) is 15.0 Å². The predicted octanol–water partition coefficient (Wildman–Crippen LogP) is 2.36. The Morgan fingerprint density at radius 1 is 1.13 bits per heavy atom. The highest BCUT2D eigenvalue weighted by Gasteiger charge is 2.52. The summed E-state index contributed by atoms with van der Waals surface area (Å²) in [7, 11) is 0. The smallest absolute Gasteiger partial charge is 0.344 e. The Labute approximate surface area is 173 Å². The molecule has 2 aromatic carbocycles. The number of benzene rings is 2. The molecule has 0 unspecified atom stereocenters. The van der Waals surface area contributed by atoms with Gasteiger partial charge < -0.3 is 14.8 Å². The number of carbonyl (C=O) groups excluding carboxylic acids is 3. The summed E-state index contributed by atoms with van der Waals surface area (Å²) in [5.41, 5.74) is 2.54. The summed E-state index contributed by atoms with van der Waals surface area (Å²) in [5, 5.41) is 3.44. The van der Waals surface area contributed by atoms with Crippen molar-refractivity contribution in [3.63, 3.8) is 0 Å². The zero-order chi connectivity index (χ0) is 21.1. The molecule has 1 fully saturated rings. The van der Waals surface area contributed by atoms with E-state index in [1.807, 2.05) is 6.07 Å². The lowest BCUT2D eigenvalue weighted by atomic mass is 9.87. The van der Waals surface area contributed by atoms with E-state index in [1.54, 1.807) is 55.5 Å². The first-order valence-corrected chi connectivity index (χ1v) is 9.64. The van der Waals surface area contributed by atoms with Crippen LogP contribution in [0.25, 0.3) is 6.08 Å².